The van der Waals surface area contributed by atoms with Gasteiger partial charge in [-0.3, -0.25) is 0 Å². The standard InChI is InChI=1S/C18H22BrFO/c19-16-5-1-12(2-6-16)14-9-15(11-21)18(10-14)13-3-7-17(20)8-4-13/h1,3,5,7,11,13-15,17-18H,2,4,6,8-10H2/t13-,14+,15?,17?,18?/m1/s1. The second kappa shape index (κ2) is 6.60. The summed E-state index contributed by atoms with van der Waals surface area (Å²) in [6.07, 6.45) is 14.2. The van der Waals surface area contributed by atoms with Crippen molar-refractivity contribution in [3.8, 4) is 0 Å². The van der Waals surface area contributed by atoms with Crippen LogP contribution < -0.4 is 0 Å². The Bertz CT molecular complexity index is 493. The predicted octanol–water partition coefficient (Wildman–Crippen LogP) is 5.13. The summed E-state index contributed by atoms with van der Waals surface area (Å²) >= 11 is 3.55. The average Bonchev–Trinajstić information content (AvgIpc) is 2.93. The molecule has 1 nitrogen and oxygen atoms in total. The lowest BCUT2D eigenvalue weighted by molar-refractivity contribution is -0.112. The largest absolute Gasteiger partial charge is 0.303 e. The van der Waals surface area contributed by atoms with Crippen LogP contribution in [0.25, 0.3) is 0 Å². The van der Waals surface area contributed by atoms with Crippen molar-refractivity contribution in [2.24, 2.45) is 23.7 Å². The third kappa shape index (κ3) is 3.39. The number of carbonyl (C=O) groups is 1. The molecule has 0 aromatic heterocycles. The van der Waals surface area contributed by atoms with Crippen molar-refractivity contribution < 1.29 is 9.18 Å². The first kappa shape index (κ1) is 15.2. The van der Waals surface area contributed by atoms with Crippen LogP contribution in [0.1, 0.15) is 38.5 Å². The summed E-state index contributed by atoms with van der Waals surface area (Å²) in [6, 6.07) is 0. The minimum absolute atomic E-state index is 0.149. The molecule has 3 heteroatoms. The predicted molar refractivity (Wildman–Crippen MR) is 86.9 cm³/mol. The number of hydrogen-bond donors (Lipinski definition) is 0. The first-order valence-corrected chi connectivity index (χ1v) is 8.79. The SMILES string of the molecule is O=CC1C[C@H](C2=CC=C(Br)CC2)CC1[C@@H]1C=CC(F)CC1. The van der Waals surface area contributed by atoms with Gasteiger partial charge in [-0.15, -0.1) is 0 Å². The number of allylic oxidation sites excluding steroid dienone is 6. The van der Waals surface area contributed by atoms with Gasteiger partial charge in [-0.2, -0.15) is 0 Å². The Morgan fingerprint density at radius 2 is 2.00 bits per heavy atom. The van der Waals surface area contributed by atoms with E-state index in [1.165, 1.54) is 10.1 Å². The van der Waals surface area contributed by atoms with Crippen LogP contribution in [0, 0.1) is 23.7 Å². The summed E-state index contributed by atoms with van der Waals surface area (Å²) in [7, 11) is 0. The van der Waals surface area contributed by atoms with Gasteiger partial charge in [-0.25, -0.2) is 4.39 Å². The molecule has 0 saturated heterocycles. The molecular weight excluding hydrogens is 331 g/mol. The molecule has 0 radical (unpaired) electrons. The monoisotopic (exact) mass is 352 g/mol. The molecule has 0 spiro atoms. The third-order valence-electron chi connectivity index (χ3n) is 5.39. The van der Waals surface area contributed by atoms with E-state index in [1.54, 1.807) is 6.08 Å². The zero-order chi connectivity index (χ0) is 14.8. The van der Waals surface area contributed by atoms with Crippen LogP contribution in [0.4, 0.5) is 4.39 Å². The summed E-state index contributed by atoms with van der Waals surface area (Å²) in [6.45, 7) is 0. The second-order valence-corrected chi connectivity index (χ2v) is 7.65. The third-order valence-corrected chi connectivity index (χ3v) is 6.05. The molecule has 3 aliphatic rings. The highest BCUT2D eigenvalue weighted by molar-refractivity contribution is 9.11. The van der Waals surface area contributed by atoms with Crippen molar-refractivity contribution in [3.63, 3.8) is 0 Å². The number of aldehydes is 1. The van der Waals surface area contributed by atoms with Crippen LogP contribution in [0.2, 0.25) is 0 Å². The molecule has 1 saturated carbocycles. The molecule has 21 heavy (non-hydrogen) atoms. The van der Waals surface area contributed by atoms with Gasteiger partial charge in [0.25, 0.3) is 0 Å². The van der Waals surface area contributed by atoms with Gasteiger partial charge in [-0.1, -0.05) is 45.8 Å². The van der Waals surface area contributed by atoms with E-state index in [1.807, 2.05) is 6.08 Å². The molecular formula is C18H22BrFO. The number of halogens is 2. The van der Waals surface area contributed by atoms with Gasteiger partial charge in [-0.05, 0) is 60.8 Å². The molecule has 3 rings (SSSR count). The maximum atomic E-state index is 13.3. The zero-order valence-corrected chi connectivity index (χ0v) is 13.8. The van der Waals surface area contributed by atoms with Crippen LogP contribution in [0.15, 0.2) is 34.4 Å². The van der Waals surface area contributed by atoms with E-state index in [-0.39, 0.29) is 5.92 Å². The molecule has 5 atom stereocenters. The minimum Gasteiger partial charge on any atom is -0.303 e. The molecule has 0 bridgehead atoms. The van der Waals surface area contributed by atoms with Crippen molar-refractivity contribution in [2.75, 3.05) is 0 Å². The van der Waals surface area contributed by atoms with E-state index in [0.717, 1.165) is 38.4 Å². The summed E-state index contributed by atoms with van der Waals surface area (Å²) in [4.78, 5) is 11.5. The fraction of sp³-hybridized carbons (Fsp3) is 0.611. The quantitative estimate of drug-likeness (QED) is 0.508. The summed E-state index contributed by atoms with van der Waals surface area (Å²) in [5, 5.41) is 0. The Morgan fingerprint density at radius 3 is 2.62 bits per heavy atom. The lowest BCUT2D eigenvalue weighted by atomic mass is 9.78. The van der Waals surface area contributed by atoms with Crippen LogP contribution in [0.3, 0.4) is 0 Å². The highest BCUT2D eigenvalue weighted by Crippen LogP contribution is 2.47. The van der Waals surface area contributed by atoms with Crippen LogP contribution in [0.5, 0.6) is 0 Å². The van der Waals surface area contributed by atoms with E-state index >= 15 is 0 Å². The normalized spacial score (nSPS) is 39.8. The molecule has 0 heterocycles. The van der Waals surface area contributed by atoms with E-state index in [2.05, 4.69) is 28.1 Å². The highest BCUT2D eigenvalue weighted by atomic mass is 79.9. The first-order valence-electron chi connectivity index (χ1n) is 8.00. The molecule has 0 aromatic rings. The molecule has 0 aromatic carbocycles. The zero-order valence-electron chi connectivity index (χ0n) is 12.2. The molecule has 0 aliphatic heterocycles. The summed E-state index contributed by atoms with van der Waals surface area (Å²) < 4.78 is 14.5. The molecule has 3 aliphatic carbocycles. The van der Waals surface area contributed by atoms with E-state index in [4.69, 9.17) is 0 Å². The van der Waals surface area contributed by atoms with Crippen LogP contribution in [-0.4, -0.2) is 12.5 Å². The van der Waals surface area contributed by atoms with Gasteiger partial charge in [0.15, 0.2) is 0 Å². The maximum Gasteiger partial charge on any atom is 0.123 e. The molecule has 114 valence electrons. The van der Waals surface area contributed by atoms with Gasteiger partial charge >= 0.3 is 0 Å². The van der Waals surface area contributed by atoms with Crippen LogP contribution >= 0.6 is 15.9 Å². The van der Waals surface area contributed by atoms with Crippen molar-refractivity contribution in [1.29, 1.82) is 0 Å². The maximum absolute atomic E-state index is 13.3. The van der Waals surface area contributed by atoms with Crippen LogP contribution in [-0.2, 0) is 4.79 Å². The van der Waals surface area contributed by atoms with Gasteiger partial charge in [0.2, 0.25) is 0 Å². The molecule has 3 unspecified atom stereocenters. The van der Waals surface area contributed by atoms with E-state index < -0.39 is 6.17 Å². The summed E-state index contributed by atoms with van der Waals surface area (Å²) in [5.74, 6) is 1.49. The number of alkyl halides is 1. The topological polar surface area (TPSA) is 17.1 Å². The first-order chi connectivity index (χ1) is 10.2. The Balaban J connectivity index is 1.71. The minimum atomic E-state index is -0.781. The highest BCUT2D eigenvalue weighted by Gasteiger charge is 2.39. The molecule has 0 amide bonds. The Kier molecular flexibility index (Phi) is 4.78. The molecule has 1 fully saturated rings. The van der Waals surface area contributed by atoms with Gasteiger partial charge in [0.05, 0.1) is 0 Å². The van der Waals surface area contributed by atoms with Crippen molar-refractivity contribution in [3.05, 3.63) is 34.4 Å². The van der Waals surface area contributed by atoms with Gasteiger partial charge in [0.1, 0.15) is 12.5 Å². The average molecular weight is 353 g/mol. The number of rotatable bonds is 3. The number of carbonyl (C=O) groups excluding carboxylic acids is 1. The smallest absolute Gasteiger partial charge is 0.123 e. The van der Waals surface area contributed by atoms with Gasteiger partial charge < -0.3 is 4.79 Å². The Labute approximate surface area is 134 Å². The van der Waals surface area contributed by atoms with Gasteiger partial charge in [0, 0.05) is 5.92 Å². The fourth-order valence-electron chi connectivity index (χ4n) is 4.19. The van der Waals surface area contributed by atoms with Crippen molar-refractivity contribution in [2.45, 2.75) is 44.7 Å². The molecule has 0 N–H and O–H groups in total. The van der Waals surface area contributed by atoms with E-state index in [0.29, 0.717) is 24.2 Å². The van der Waals surface area contributed by atoms with E-state index in [9.17, 15) is 9.18 Å². The lowest BCUT2D eigenvalue weighted by Crippen LogP contribution is -2.22. The number of hydrogen-bond acceptors (Lipinski definition) is 1. The Morgan fingerprint density at radius 1 is 1.14 bits per heavy atom. The second-order valence-electron chi connectivity index (χ2n) is 6.63. The summed E-state index contributed by atoms with van der Waals surface area (Å²) in [5.41, 5.74) is 1.50. The fourth-order valence-corrected chi connectivity index (χ4v) is 4.52. The Hall–Kier alpha value is -0.700. The van der Waals surface area contributed by atoms with Crippen molar-refractivity contribution in [1.82, 2.24) is 0 Å². The lowest BCUT2D eigenvalue weighted by Gasteiger charge is -2.27. The van der Waals surface area contributed by atoms with Crippen molar-refractivity contribution >= 4 is 22.2 Å².